The highest BCUT2D eigenvalue weighted by molar-refractivity contribution is 7.09. The molecule has 1 atom stereocenters. The molecule has 0 bridgehead atoms. The van der Waals surface area contributed by atoms with E-state index in [0.717, 1.165) is 13.1 Å². The number of hydrogen-bond acceptors (Lipinski definition) is 4. The molecule has 3 rings (SSSR count). The number of thiazole rings is 1. The maximum Gasteiger partial charge on any atom is 0.0965 e. The third-order valence-corrected chi connectivity index (χ3v) is 5.43. The minimum atomic E-state index is 0.445. The Hall–Kier alpha value is -0.450. The van der Waals surface area contributed by atoms with E-state index < -0.39 is 0 Å². The fraction of sp³-hybridized carbons (Fsp3) is 0.786. The maximum absolute atomic E-state index is 4.45. The van der Waals surface area contributed by atoms with E-state index in [1.807, 2.05) is 6.20 Å². The lowest BCUT2D eigenvalue weighted by Crippen LogP contribution is -2.59. The van der Waals surface area contributed by atoms with Gasteiger partial charge in [-0.3, -0.25) is 4.90 Å². The van der Waals surface area contributed by atoms with E-state index in [4.69, 9.17) is 0 Å². The largest absolute Gasteiger partial charge is 0.309 e. The van der Waals surface area contributed by atoms with E-state index in [2.05, 4.69) is 27.5 Å². The highest BCUT2D eigenvalue weighted by Gasteiger charge is 2.37. The van der Waals surface area contributed by atoms with Gasteiger partial charge in [0.15, 0.2) is 0 Å². The van der Waals surface area contributed by atoms with Crippen molar-refractivity contribution in [1.29, 1.82) is 0 Å². The standard InChI is InChI=1S/C14H23N3S/c1-12(13-15-7-9-18-13)10-17-8-6-16-14(11-17)4-2-3-5-14/h7,9,12,16H,2-6,8,10-11H2,1H3. The molecule has 1 spiro atoms. The quantitative estimate of drug-likeness (QED) is 0.910. The molecule has 1 saturated carbocycles. The summed E-state index contributed by atoms with van der Waals surface area (Å²) in [4.78, 5) is 7.09. The van der Waals surface area contributed by atoms with E-state index in [1.165, 1.54) is 43.8 Å². The molecule has 1 N–H and O–H groups in total. The third-order valence-electron chi connectivity index (χ3n) is 4.42. The van der Waals surface area contributed by atoms with Crippen molar-refractivity contribution in [3.05, 3.63) is 16.6 Å². The zero-order chi connectivity index (χ0) is 12.4. The summed E-state index contributed by atoms with van der Waals surface area (Å²) < 4.78 is 0. The normalized spacial score (nSPS) is 25.6. The number of rotatable bonds is 3. The van der Waals surface area contributed by atoms with E-state index in [-0.39, 0.29) is 0 Å². The maximum atomic E-state index is 4.45. The topological polar surface area (TPSA) is 28.2 Å². The van der Waals surface area contributed by atoms with Crippen molar-refractivity contribution in [2.45, 2.75) is 44.1 Å². The van der Waals surface area contributed by atoms with Gasteiger partial charge in [-0.15, -0.1) is 11.3 Å². The van der Waals surface area contributed by atoms with Crippen molar-refractivity contribution < 1.29 is 0 Å². The van der Waals surface area contributed by atoms with Gasteiger partial charge in [0, 0.05) is 49.2 Å². The van der Waals surface area contributed by atoms with Crippen LogP contribution in [0.2, 0.25) is 0 Å². The molecule has 2 heterocycles. The molecule has 1 aromatic heterocycles. The second-order valence-electron chi connectivity index (χ2n) is 5.92. The van der Waals surface area contributed by atoms with Crippen LogP contribution < -0.4 is 5.32 Å². The monoisotopic (exact) mass is 265 g/mol. The SMILES string of the molecule is CC(CN1CCNC2(CCCC2)C1)c1nccs1. The van der Waals surface area contributed by atoms with Crippen LogP contribution >= 0.6 is 11.3 Å². The van der Waals surface area contributed by atoms with Crippen LogP contribution in [-0.2, 0) is 0 Å². The number of aromatic nitrogens is 1. The summed E-state index contributed by atoms with van der Waals surface area (Å²) in [7, 11) is 0. The van der Waals surface area contributed by atoms with Crippen molar-refractivity contribution in [3.8, 4) is 0 Å². The molecule has 1 aromatic rings. The number of piperazine rings is 1. The van der Waals surface area contributed by atoms with E-state index in [1.54, 1.807) is 11.3 Å². The van der Waals surface area contributed by atoms with E-state index in [9.17, 15) is 0 Å². The molecule has 0 amide bonds. The number of hydrogen-bond donors (Lipinski definition) is 1. The molecule has 1 saturated heterocycles. The fourth-order valence-corrected chi connectivity index (χ4v) is 4.22. The van der Waals surface area contributed by atoms with E-state index >= 15 is 0 Å². The van der Waals surface area contributed by atoms with Crippen LogP contribution in [0, 0.1) is 0 Å². The minimum absolute atomic E-state index is 0.445. The van der Waals surface area contributed by atoms with Gasteiger partial charge in [-0.05, 0) is 12.8 Å². The molecule has 0 radical (unpaired) electrons. The van der Waals surface area contributed by atoms with Gasteiger partial charge in [-0.2, -0.15) is 0 Å². The van der Waals surface area contributed by atoms with Gasteiger partial charge in [-0.25, -0.2) is 4.98 Å². The summed E-state index contributed by atoms with van der Waals surface area (Å²) in [5, 5.41) is 7.15. The highest BCUT2D eigenvalue weighted by atomic mass is 32.1. The van der Waals surface area contributed by atoms with Crippen molar-refractivity contribution in [2.75, 3.05) is 26.2 Å². The Bertz CT molecular complexity index is 370. The molecule has 2 fully saturated rings. The van der Waals surface area contributed by atoms with Crippen molar-refractivity contribution in [3.63, 3.8) is 0 Å². The predicted octanol–water partition coefficient (Wildman–Crippen LogP) is 2.46. The molecule has 1 aliphatic carbocycles. The van der Waals surface area contributed by atoms with Gasteiger partial charge in [0.1, 0.15) is 0 Å². The fourth-order valence-electron chi connectivity index (χ4n) is 3.53. The summed E-state index contributed by atoms with van der Waals surface area (Å²) in [6.45, 7) is 7.06. The number of nitrogens with zero attached hydrogens (tertiary/aromatic N) is 2. The van der Waals surface area contributed by atoms with Crippen LogP contribution in [0.1, 0.15) is 43.5 Å². The summed E-state index contributed by atoms with van der Waals surface area (Å²) in [6.07, 6.45) is 7.47. The van der Waals surface area contributed by atoms with Gasteiger partial charge >= 0.3 is 0 Å². The van der Waals surface area contributed by atoms with Crippen LogP contribution in [-0.4, -0.2) is 41.6 Å². The Kier molecular flexibility index (Phi) is 3.68. The van der Waals surface area contributed by atoms with Crippen LogP contribution in [0.15, 0.2) is 11.6 Å². The molecule has 1 unspecified atom stereocenters. The molecular formula is C14H23N3S. The average molecular weight is 265 g/mol. The molecule has 100 valence electrons. The second-order valence-corrected chi connectivity index (χ2v) is 6.85. The third kappa shape index (κ3) is 2.60. The van der Waals surface area contributed by atoms with Crippen molar-refractivity contribution in [2.24, 2.45) is 0 Å². The average Bonchev–Trinajstić information content (AvgIpc) is 3.01. The first-order chi connectivity index (χ1) is 8.77. The molecule has 3 nitrogen and oxygen atoms in total. The Balaban J connectivity index is 1.59. The predicted molar refractivity (Wildman–Crippen MR) is 76.2 cm³/mol. The Labute approximate surface area is 114 Å². The van der Waals surface area contributed by atoms with Gasteiger partial charge < -0.3 is 5.32 Å². The Morgan fingerprint density at radius 2 is 2.33 bits per heavy atom. The lowest BCUT2D eigenvalue weighted by atomic mass is 9.94. The first kappa shape index (κ1) is 12.6. The van der Waals surface area contributed by atoms with Crippen molar-refractivity contribution in [1.82, 2.24) is 15.2 Å². The van der Waals surface area contributed by atoms with E-state index in [0.29, 0.717) is 11.5 Å². The second kappa shape index (κ2) is 5.27. The minimum Gasteiger partial charge on any atom is -0.309 e. The zero-order valence-electron chi connectivity index (χ0n) is 11.2. The molecule has 0 aromatic carbocycles. The van der Waals surface area contributed by atoms with Crippen LogP contribution in [0.3, 0.4) is 0 Å². The van der Waals surface area contributed by atoms with Gasteiger partial charge in [0.2, 0.25) is 0 Å². The Morgan fingerprint density at radius 3 is 3.06 bits per heavy atom. The van der Waals surface area contributed by atoms with Crippen LogP contribution in [0.5, 0.6) is 0 Å². The Morgan fingerprint density at radius 1 is 1.50 bits per heavy atom. The summed E-state index contributed by atoms with van der Waals surface area (Å²) in [6, 6.07) is 0. The summed E-state index contributed by atoms with van der Waals surface area (Å²) in [5.74, 6) is 0.571. The van der Waals surface area contributed by atoms with Gasteiger partial charge in [-0.1, -0.05) is 19.8 Å². The van der Waals surface area contributed by atoms with Crippen LogP contribution in [0.25, 0.3) is 0 Å². The lowest BCUT2D eigenvalue weighted by molar-refractivity contribution is 0.130. The van der Waals surface area contributed by atoms with Crippen molar-refractivity contribution >= 4 is 11.3 Å². The zero-order valence-corrected chi connectivity index (χ0v) is 12.0. The van der Waals surface area contributed by atoms with Gasteiger partial charge in [0.25, 0.3) is 0 Å². The molecule has 2 aliphatic rings. The lowest BCUT2D eigenvalue weighted by Gasteiger charge is -2.42. The highest BCUT2D eigenvalue weighted by Crippen LogP contribution is 2.32. The molecule has 4 heteroatoms. The van der Waals surface area contributed by atoms with Crippen LogP contribution in [0.4, 0.5) is 0 Å². The first-order valence-electron chi connectivity index (χ1n) is 7.14. The molecule has 18 heavy (non-hydrogen) atoms. The summed E-state index contributed by atoms with van der Waals surface area (Å²) >= 11 is 1.79. The van der Waals surface area contributed by atoms with Gasteiger partial charge in [0.05, 0.1) is 5.01 Å². The number of nitrogens with one attached hydrogen (secondary N) is 1. The molecule has 1 aliphatic heterocycles. The smallest absolute Gasteiger partial charge is 0.0965 e. The first-order valence-corrected chi connectivity index (χ1v) is 8.02. The summed E-state index contributed by atoms with van der Waals surface area (Å²) in [5.41, 5.74) is 0.445. The molecular weight excluding hydrogens is 242 g/mol.